The number of carbonyl (C=O) groups is 1. The van der Waals surface area contributed by atoms with Crippen molar-refractivity contribution in [2.45, 2.75) is 4.90 Å². The van der Waals surface area contributed by atoms with Gasteiger partial charge in [-0.3, -0.25) is 9.69 Å². The number of aliphatic imine (C=N–C) groups is 1. The van der Waals surface area contributed by atoms with E-state index in [1.165, 1.54) is 23.9 Å². The highest BCUT2D eigenvalue weighted by molar-refractivity contribution is 8.19. The molecular formula is C28H20N2O4S2. The van der Waals surface area contributed by atoms with Crippen LogP contribution < -0.4 is 9.08 Å². The van der Waals surface area contributed by atoms with Gasteiger partial charge in [-0.05, 0) is 71.9 Å². The number of nitrogens with zero attached hydrogens (tertiary/aromatic N) is 2. The van der Waals surface area contributed by atoms with Crippen molar-refractivity contribution in [2.24, 2.45) is 4.99 Å². The van der Waals surface area contributed by atoms with Crippen LogP contribution in [0, 0.1) is 0 Å². The Hall–Kier alpha value is -4.14. The summed E-state index contributed by atoms with van der Waals surface area (Å²) in [6.45, 7) is 0. The number of hydrogen-bond acceptors (Lipinski definition) is 6. The zero-order valence-corrected chi connectivity index (χ0v) is 20.5. The molecule has 0 atom stereocenters. The molecule has 5 rings (SSSR count). The van der Waals surface area contributed by atoms with Crippen LogP contribution in [0.3, 0.4) is 0 Å². The molecule has 0 saturated carbocycles. The Labute approximate surface area is 213 Å². The minimum Gasteiger partial charge on any atom is -0.379 e. The van der Waals surface area contributed by atoms with Crippen molar-refractivity contribution in [3.05, 3.63) is 126 Å². The minimum atomic E-state index is -3.93. The van der Waals surface area contributed by atoms with Crippen LogP contribution in [0.4, 0.5) is 11.4 Å². The van der Waals surface area contributed by atoms with Crippen LogP contribution in [0.2, 0.25) is 0 Å². The Kier molecular flexibility index (Phi) is 6.71. The van der Waals surface area contributed by atoms with Gasteiger partial charge in [0.05, 0.1) is 16.3 Å². The molecule has 178 valence electrons. The molecule has 0 N–H and O–H groups in total. The van der Waals surface area contributed by atoms with Gasteiger partial charge in [0, 0.05) is 0 Å². The first kappa shape index (κ1) is 23.6. The molecule has 0 spiro atoms. The molecule has 0 unspecified atom stereocenters. The largest absolute Gasteiger partial charge is 0.379 e. The van der Waals surface area contributed by atoms with Gasteiger partial charge in [-0.25, -0.2) is 4.99 Å². The number of amidine groups is 1. The summed E-state index contributed by atoms with van der Waals surface area (Å²) in [6, 6.07) is 33.3. The van der Waals surface area contributed by atoms with E-state index in [2.05, 4.69) is 0 Å². The third-order valence-electron chi connectivity index (χ3n) is 5.22. The highest BCUT2D eigenvalue weighted by atomic mass is 32.2. The molecule has 4 aromatic rings. The Balaban J connectivity index is 1.41. The van der Waals surface area contributed by atoms with Crippen LogP contribution in [-0.4, -0.2) is 19.5 Å². The quantitative estimate of drug-likeness (QED) is 0.225. The number of amides is 1. The Morgan fingerprint density at radius 1 is 0.750 bits per heavy atom. The average Bonchev–Trinajstić information content (AvgIpc) is 3.20. The van der Waals surface area contributed by atoms with Crippen molar-refractivity contribution in [1.82, 2.24) is 0 Å². The molecule has 1 aliphatic rings. The molecule has 8 heteroatoms. The molecule has 6 nitrogen and oxygen atoms in total. The molecule has 0 aliphatic carbocycles. The fourth-order valence-corrected chi connectivity index (χ4v) is 5.45. The molecule has 1 heterocycles. The van der Waals surface area contributed by atoms with Gasteiger partial charge in [0.15, 0.2) is 5.17 Å². The lowest BCUT2D eigenvalue weighted by Crippen LogP contribution is -2.28. The van der Waals surface area contributed by atoms with Crippen LogP contribution in [0.25, 0.3) is 6.08 Å². The summed E-state index contributed by atoms with van der Waals surface area (Å²) in [7, 11) is -3.93. The van der Waals surface area contributed by atoms with Crippen molar-refractivity contribution in [3.63, 3.8) is 0 Å². The molecule has 0 bridgehead atoms. The van der Waals surface area contributed by atoms with Crippen molar-refractivity contribution in [2.75, 3.05) is 4.90 Å². The number of rotatable bonds is 6. The lowest BCUT2D eigenvalue weighted by molar-refractivity contribution is -0.113. The van der Waals surface area contributed by atoms with Gasteiger partial charge >= 0.3 is 10.1 Å². The summed E-state index contributed by atoms with van der Waals surface area (Å²) in [5, 5.41) is 0.553. The highest BCUT2D eigenvalue weighted by Crippen LogP contribution is 2.37. The van der Waals surface area contributed by atoms with E-state index < -0.39 is 10.1 Å². The Bertz CT molecular complexity index is 1540. The van der Waals surface area contributed by atoms with Crippen molar-refractivity contribution in [1.29, 1.82) is 0 Å². The van der Waals surface area contributed by atoms with E-state index in [0.29, 0.717) is 10.1 Å². The van der Waals surface area contributed by atoms with Crippen molar-refractivity contribution in [3.8, 4) is 5.75 Å². The van der Waals surface area contributed by atoms with E-state index in [1.807, 2.05) is 60.7 Å². The van der Waals surface area contributed by atoms with Crippen LogP contribution in [0.5, 0.6) is 5.75 Å². The fourth-order valence-electron chi connectivity index (χ4n) is 3.50. The van der Waals surface area contributed by atoms with Crippen LogP contribution in [0.15, 0.2) is 130 Å². The van der Waals surface area contributed by atoms with Gasteiger partial charge in [-0.15, -0.1) is 0 Å². The number of hydrogen-bond donors (Lipinski definition) is 0. The van der Waals surface area contributed by atoms with Crippen LogP contribution >= 0.6 is 11.8 Å². The number of thioether (sulfide) groups is 1. The summed E-state index contributed by atoms with van der Waals surface area (Å²) in [5.74, 6) is -0.00323. The van der Waals surface area contributed by atoms with E-state index in [4.69, 9.17) is 9.18 Å². The maximum Gasteiger partial charge on any atom is 0.339 e. The lowest BCUT2D eigenvalue weighted by atomic mass is 10.2. The second-order valence-electron chi connectivity index (χ2n) is 7.74. The van der Waals surface area contributed by atoms with Gasteiger partial charge in [0.1, 0.15) is 10.6 Å². The first-order valence-electron chi connectivity index (χ1n) is 11.0. The molecule has 0 radical (unpaired) electrons. The van der Waals surface area contributed by atoms with Gasteiger partial charge in [0.25, 0.3) is 5.91 Å². The normalized spacial score (nSPS) is 16.0. The van der Waals surface area contributed by atoms with E-state index in [0.717, 1.165) is 16.9 Å². The molecule has 36 heavy (non-hydrogen) atoms. The predicted octanol–water partition coefficient (Wildman–Crippen LogP) is 6.26. The summed E-state index contributed by atoms with van der Waals surface area (Å²) in [5.41, 5.74) is 2.20. The van der Waals surface area contributed by atoms with E-state index in [-0.39, 0.29) is 16.6 Å². The summed E-state index contributed by atoms with van der Waals surface area (Å²) in [6.07, 6.45) is 1.76. The zero-order valence-electron chi connectivity index (χ0n) is 18.9. The van der Waals surface area contributed by atoms with Crippen LogP contribution in [0.1, 0.15) is 5.56 Å². The molecule has 1 saturated heterocycles. The fraction of sp³-hybridized carbons (Fsp3) is 0. The van der Waals surface area contributed by atoms with Gasteiger partial charge in [0.2, 0.25) is 0 Å². The van der Waals surface area contributed by atoms with E-state index >= 15 is 0 Å². The second-order valence-corrected chi connectivity index (χ2v) is 10.3. The van der Waals surface area contributed by atoms with Crippen molar-refractivity contribution < 1.29 is 17.4 Å². The number of para-hydroxylation sites is 2. The smallest absolute Gasteiger partial charge is 0.339 e. The number of benzene rings is 4. The maximum atomic E-state index is 13.4. The standard InChI is InChI=1S/C28H20N2O4S2/c31-27-26(20-21-16-18-24(19-17-21)34-36(32,33)25-14-8-3-9-15-25)35-28(29-22-10-4-1-5-11-22)30(27)23-12-6-2-7-13-23/h1-20H/b26-20+,29-28?. The molecule has 1 amide bonds. The van der Waals surface area contributed by atoms with E-state index in [9.17, 15) is 13.2 Å². The molecule has 1 fully saturated rings. The summed E-state index contributed by atoms with van der Waals surface area (Å²) < 4.78 is 30.2. The third-order valence-corrected chi connectivity index (χ3v) is 7.45. The minimum absolute atomic E-state index is 0.0791. The molecule has 4 aromatic carbocycles. The maximum absolute atomic E-state index is 13.4. The van der Waals surface area contributed by atoms with Crippen molar-refractivity contribution >= 4 is 50.4 Å². The Morgan fingerprint density at radius 3 is 1.97 bits per heavy atom. The molecular weight excluding hydrogens is 492 g/mol. The number of carbonyl (C=O) groups excluding carboxylic acids is 1. The molecule has 0 aromatic heterocycles. The van der Waals surface area contributed by atoms with Gasteiger partial charge < -0.3 is 4.18 Å². The number of anilines is 1. The average molecular weight is 513 g/mol. The Morgan fingerprint density at radius 2 is 1.33 bits per heavy atom. The van der Waals surface area contributed by atoms with Gasteiger partial charge in [-0.2, -0.15) is 8.42 Å². The monoisotopic (exact) mass is 512 g/mol. The predicted molar refractivity (Wildman–Crippen MR) is 144 cm³/mol. The second kappa shape index (κ2) is 10.2. The highest BCUT2D eigenvalue weighted by Gasteiger charge is 2.34. The lowest BCUT2D eigenvalue weighted by Gasteiger charge is -2.15. The van der Waals surface area contributed by atoms with Crippen LogP contribution in [-0.2, 0) is 14.9 Å². The zero-order chi connectivity index (χ0) is 25.0. The van der Waals surface area contributed by atoms with Gasteiger partial charge in [-0.1, -0.05) is 66.7 Å². The third kappa shape index (κ3) is 5.25. The topological polar surface area (TPSA) is 76.0 Å². The van der Waals surface area contributed by atoms with E-state index in [1.54, 1.807) is 53.4 Å². The molecule has 1 aliphatic heterocycles. The summed E-state index contributed by atoms with van der Waals surface area (Å²) in [4.78, 5) is 20.2. The first-order valence-corrected chi connectivity index (χ1v) is 13.2. The SMILES string of the molecule is O=C1/C(=C\c2ccc(OS(=O)(=O)c3ccccc3)cc2)SC(=Nc2ccccc2)N1c1ccccc1. The summed E-state index contributed by atoms with van der Waals surface area (Å²) >= 11 is 1.28. The first-order chi connectivity index (χ1) is 17.5.